The lowest BCUT2D eigenvalue weighted by atomic mass is 10.1. The van der Waals surface area contributed by atoms with Gasteiger partial charge in [-0.3, -0.25) is 4.79 Å². The molecule has 0 atom stereocenters. The van der Waals surface area contributed by atoms with E-state index < -0.39 is 0 Å². The summed E-state index contributed by atoms with van der Waals surface area (Å²) in [5.74, 6) is 0.724. The van der Waals surface area contributed by atoms with E-state index in [-0.39, 0.29) is 5.91 Å². The molecule has 0 unspecified atom stereocenters. The van der Waals surface area contributed by atoms with Gasteiger partial charge in [-0.05, 0) is 30.7 Å². The maximum atomic E-state index is 12.1. The molecule has 1 amide bonds. The van der Waals surface area contributed by atoms with Gasteiger partial charge in [0.25, 0.3) is 5.91 Å². The number of nitrogen functional groups attached to an aromatic ring is 1. The second-order valence-corrected chi connectivity index (χ2v) is 5.37. The molecule has 1 aliphatic rings. The Labute approximate surface area is 114 Å². The molecule has 2 aromatic rings. The normalized spacial score (nSPS) is 12.9. The lowest BCUT2D eigenvalue weighted by Gasteiger charge is -2.06. The van der Waals surface area contributed by atoms with Gasteiger partial charge in [-0.15, -0.1) is 0 Å². The predicted molar refractivity (Wildman–Crippen MR) is 74.9 cm³/mol. The molecule has 98 valence electrons. The summed E-state index contributed by atoms with van der Waals surface area (Å²) in [5, 5.41) is 3.27. The lowest BCUT2D eigenvalue weighted by Crippen LogP contribution is -2.11. The second kappa shape index (κ2) is 4.55. The first-order chi connectivity index (χ1) is 9.13. The molecule has 6 heteroatoms. The number of anilines is 2. The van der Waals surface area contributed by atoms with Crippen molar-refractivity contribution in [2.24, 2.45) is 0 Å². The quantitative estimate of drug-likeness (QED) is 0.881. The number of carbonyl (C=O) groups is 1. The Morgan fingerprint density at radius 1 is 1.53 bits per heavy atom. The van der Waals surface area contributed by atoms with E-state index >= 15 is 0 Å². The third-order valence-electron chi connectivity index (χ3n) is 2.97. The van der Waals surface area contributed by atoms with Crippen molar-refractivity contribution in [2.45, 2.75) is 13.3 Å². The maximum absolute atomic E-state index is 12.1. The molecule has 0 saturated heterocycles. The number of thiazole rings is 1. The van der Waals surface area contributed by atoms with Crippen LogP contribution in [-0.4, -0.2) is 17.5 Å². The smallest absolute Gasteiger partial charge is 0.267 e. The minimum absolute atomic E-state index is 0.175. The molecule has 2 heterocycles. The standard InChI is InChI=1S/C13H13N3O2S/c1-7-11(19-13(14)15-7)12(17)16-9-2-3-10-8(6-9)4-5-18-10/h2-3,6H,4-5H2,1H3,(H2,14,15)(H,16,17). The largest absolute Gasteiger partial charge is 0.493 e. The van der Waals surface area contributed by atoms with E-state index in [1.54, 1.807) is 6.92 Å². The van der Waals surface area contributed by atoms with Crippen molar-refractivity contribution in [3.63, 3.8) is 0 Å². The van der Waals surface area contributed by atoms with Crippen LogP contribution in [0, 0.1) is 6.92 Å². The lowest BCUT2D eigenvalue weighted by molar-refractivity contribution is 0.103. The number of nitrogens with zero attached hydrogens (tertiary/aromatic N) is 1. The molecule has 0 fully saturated rings. The number of aryl methyl sites for hydroxylation is 1. The molecule has 19 heavy (non-hydrogen) atoms. The van der Waals surface area contributed by atoms with Crippen LogP contribution in [0.2, 0.25) is 0 Å². The van der Waals surface area contributed by atoms with Crippen molar-refractivity contribution in [1.82, 2.24) is 4.98 Å². The number of amides is 1. The van der Waals surface area contributed by atoms with Gasteiger partial charge in [0.1, 0.15) is 10.6 Å². The number of nitrogens with two attached hydrogens (primary N) is 1. The molecular weight excluding hydrogens is 262 g/mol. The van der Waals surface area contributed by atoms with E-state index in [2.05, 4.69) is 10.3 Å². The van der Waals surface area contributed by atoms with Gasteiger partial charge in [-0.2, -0.15) is 0 Å². The fourth-order valence-corrected chi connectivity index (χ4v) is 2.81. The summed E-state index contributed by atoms with van der Waals surface area (Å²) in [6.07, 6.45) is 0.881. The predicted octanol–water partition coefficient (Wildman–Crippen LogP) is 2.22. The van der Waals surface area contributed by atoms with Crippen LogP contribution >= 0.6 is 11.3 Å². The molecule has 0 radical (unpaired) electrons. The van der Waals surface area contributed by atoms with E-state index in [1.165, 1.54) is 11.3 Å². The van der Waals surface area contributed by atoms with Crippen LogP contribution < -0.4 is 15.8 Å². The summed E-state index contributed by atoms with van der Waals surface area (Å²) >= 11 is 1.20. The van der Waals surface area contributed by atoms with Gasteiger partial charge in [-0.1, -0.05) is 11.3 Å². The fourth-order valence-electron chi connectivity index (χ4n) is 2.08. The summed E-state index contributed by atoms with van der Waals surface area (Å²) in [6.45, 7) is 2.48. The summed E-state index contributed by atoms with van der Waals surface area (Å²) in [5.41, 5.74) is 8.14. The Bertz CT molecular complexity index is 651. The molecule has 3 N–H and O–H groups in total. The van der Waals surface area contributed by atoms with Gasteiger partial charge in [0.05, 0.1) is 12.3 Å². The van der Waals surface area contributed by atoms with Crippen LogP contribution in [0.5, 0.6) is 5.75 Å². The van der Waals surface area contributed by atoms with Crippen molar-refractivity contribution in [1.29, 1.82) is 0 Å². The Kier molecular flexibility index (Phi) is 2.87. The molecule has 1 aromatic heterocycles. The molecule has 0 spiro atoms. The first kappa shape index (κ1) is 12.0. The number of benzene rings is 1. The van der Waals surface area contributed by atoms with Gasteiger partial charge < -0.3 is 15.8 Å². The van der Waals surface area contributed by atoms with Crippen LogP contribution in [0.15, 0.2) is 18.2 Å². The number of nitrogens with one attached hydrogen (secondary N) is 1. The zero-order valence-electron chi connectivity index (χ0n) is 10.4. The first-order valence-electron chi connectivity index (χ1n) is 5.93. The van der Waals surface area contributed by atoms with Crippen molar-refractivity contribution >= 4 is 28.1 Å². The fraction of sp³-hybridized carbons (Fsp3) is 0.231. The van der Waals surface area contributed by atoms with Crippen molar-refractivity contribution in [3.05, 3.63) is 34.3 Å². The van der Waals surface area contributed by atoms with Crippen LogP contribution in [0.3, 0.4) is 0 Å². The minimum atomic E-state index is -0.175. The van der Waals surface area contributed by atoms with E-state index in [0.29, 0.717) is 22.3 Å². The summed E-state index contributed by atoms with van der Waals surface area (Å²) in [6, 6.07) is 5.66. The van der Waals surface area contributed by atoms with Crippen LogP contribution in [0.25, 0.3) is 0 Å². The number of hydrogen-bond acceptors (Lipinski definition) is 5. The van der Waals surface area contributed by atoms with Gasteiger partial charge in [0.15, 0.2) is 5.13 Å². The molecule has 1 aromatic carbocycles. The van der Waals surface area contributed by atoms with E-state index in [1.807, 2.05) is 18.2 Å². The average Bonchev–Trinajstić information content (AvgIpc) is 2.94. The molecule has 3 rings (SSSR count). The van der Waals surface area contributed by atoms with Crippen molar-refractivity contribution < 1.29 is 9.53 Å². The Hall–Kier alpha value is -2.08. The minimum Gasteiger partial charge on any atom is -0.493 e. The SMILES string of the molecule is Cc1nc(N)sc1C(=O)Nc1ccc2c(c1)CCO2. The van der Waals surface area contributed by atoms with Crippen LogP contribution in [0.1, 0.15) is 20.9 Å². The number of aromatic nitrogens is 1. The Morgan fingerprint density at radius 2 is 2.37 bits per heavy atom. The van der Waals surface area contributed by atoms with Gasteiger partial charge in [0.2, 0.25) is 0 Å². The third kappa shape index (κ3) is 2.26. The summed E-state index contributed by atoms with van der Waals surface area (Å²) in [4.78, 5) is 16.7. The van der Waals surface area contributed by atoms with Crippen LogP contribution in [-0.2, 0) is 6.42 Å². The monoisotopic (exact) mass is 275 g/mol. The number of rotatable bonds is 2. The topological polar surface area (TPSA) is 77.2 Å². The van der Waals surface area contributed by atoms with E-state index in [4.69, 9.17) is 10.5 Å². The highest BCUT2D eigenvalue weighted by Gasteiger charge is 2.16. The molecule has 0 saturated carbocycles. The van der Waals surface area contributed by atoms with E-state index in [0.717, 1.165) is 23.4 Å². The van der Waals surface area contributed by atoms with Gasteiger partial charge in [-0.25, -0.2) is 4.98 Å². The Morgan fingerprint density at radius 3 is 3.11 bits per heavy atom. The summed E-state index contributed by atoms with van der Waals surface area (Å²) in [7, 11) is 0. The Balaban J connectivity index is 1.81. The average molecular weight is 275 g/mol. The zero-order valence-corrected chi connectivity index (χ0v) is 11.2. The van der Waals surface area contributed by atoms with Crippen molar-refractivity contribution in [2.75, 3.05) is 17.7 Å². The molecule has 0 aliphatic carbocycles. The number of ether oxygens (including phenoxy) is 1. The highest BCUT2D eigenvalue weighted by Crippen LogP contribution is 2.28. The molecule has 1 aliphatic heterocycles. The van der Waals surface area contributed by atoms with E-state index in [9.17, 15) is 4.79 Å². The zero-order chi connectivity index (χ0) is 13.4. The maximum Gasteiger partial charge on any atom is 0.267 e. The highest BCUT2D eigenvalue weighted by atomic mass is 32.1. The third-order valence-corrected chi connectivity index (χ3v) is 3.95. The van der Waals surface area contributed by atoms with Crippen molar-refractivity contribution in [3.8, 4) is 5.75 Å². The van der Waals surface area contributed by atoms with Crippen LogP contribution in [0.4, 0.5) is 10.8 Å². The number of fused-ring (bicyclic) bond motifs is 1. The molecule has 0 bridgehead atoms. The van der Waals surface area contributed by atoms with Gasteiger partial charge in [0, 0.05) is 12.1 Å². The molecular formula is C13H13N3O2S. The number of hydrogen-bond donors (Lipinski definition) is 2. The highest BCUT2D eigenvalue weighted by molar-refractivity contribution is 7.17. The summed E-state index contributed by atoms with van der Waals surface area (Å²) < 4.78 is 5.43. The van der Waals surface area contributed by atoms with Gasteiger partial charge >= 0.3 is 0 Å². The number of carbonyl (C=O) groups excluding carboxylic acids is 1. The first-order valence-corrected chi connectivity index (χ1v) is 6.75. The molecule has 5 nitrogen and oxygen atoms in total. The second-order valence-electron chi connectivity index (χ2n) is 4.34.